The molecule has 3 rings (SSSR count). The summed E-state index contributed by atoms with van der Waals surface area (Å²) in [5.74, 6) is -1.08. The Balaban J connectivity index is 1.63. The van der Waals surface area contributed by atoms with Gasteiger partial charge in [-0.05, 0) is 55.3 Å². The fraction of sp³-hybridized carbons (Fsp3) is 0.364. The van der Waals surface area contributed by atoms with Crippen molar-refractivity contribution in [3.8, 4) is 0 Å². The van der Waals surface area contributed by atoms with Gasteiger partial charge in [0.05, 0.1) is 15.5 Å². The van der Waals surface area contributed by atoms with Gasteiger partial charge in [0, 0.05) is 31.7 Å². The minimum Gasteiger partial charge on any atom is -0.351 e. The van der Waals surface area contributed by atoms with Gasteiger partial charge < -0.3 is 10.2 Å². The Kier molecular flexibility index (Phi) is 8.09. The van der Waals surface area contributed by atoms with Crippen LogP contribution in [-0.4, -0.2) is 44.8 Å². The van der Waals surface area contributed by atoms with E-state index >= 15 is 0 Å². The van der Waals surface area contributed by atoms with Gasteiger partial charge in [0.2, 0.25) is 5.91 Å². The van der Waals surface area contributed by atoms with Gasteiger partial charge in [0.15, 0.2) is 0 Å². The third-order valence-electron chi connectivity index (χ3n) is 5.17. The molecule has 1 aliphatic heterocycles. The highest BCUT2D eigenvalue weighted by Gasteiger charge is 2.20. The van der Waals surface area contributed by atoms with Crippen molar-refractivity contribution in [3.63, 3.8) is 0 Å². The Morgan fingerprint density at radius 1 is 1.00 bits per heavy atom. The monoisotopic (exact) mass is 481 g/mol. The van der Waals surface area contributed by atoms with Gasteiger partial charge in [0.25, 0.3) is 15.9 Å². The smallest absolute Gasteiger partial charge is 0.261 e. The molecule has 0 unspecified atom stereocenters. The zero-order valence-electron chi connectivity index (χ0n) is 17.4. The van der Waals surface area contributed by atoms with E-state index in [1.807, 2.05) is 4.90 Å². The number of benzene rings is 2. The van der Waals surface area contributed by atoms with Crippen LogP contribution in [0.2, 0.25) is 5.02 Å². The molecular weight excluding hydrogens is 457 g/mol. The molecule has 1 aliphatic rings. The summed E-state index contributed by atoms with van der Waals surface area (Å²) in [4.78, 5) is 26.6. The van der Waals surface area contributed by atoms with Crippen LogP contribution in [-0.2, 0) is 14.8 Å². The highest BCUT2D eigenvalue weighted by atomic mass is 35.5. The molecule has 0 spiro atoms. The van der Waals surface area contributed by atoms with E-state index in [1.54, 1.807) is 0 Å². The van der Waals surface area contributed by atoms with Crippen molar-refractivity contribution in [3.05, 3.63) is 58.9 Å². The lowest BCUT2D eigenvalue weighted by atomic mass is 10.2. The van der Waals surface area contributed by atoms with Gasteiger partial charge in [-0.2, -0.15) is 0 Å². The number of sulfonamides is 1. The molecule has 0 aliphatic carbocycles. The highest BCUT2D eigenvalue weighted by molar-refractivity contribution is 7.92. The first-order chi connectivity index (χ1) is 15.3. The normalized spacial score (nSPS) is 14.5. The first-order valence-corrected chi connectivity index (χ1v) is 12.3. The molecule has 0 atom stereocenters. The molecule has 0 saturated carbocycles. The van der Waals surface area contributed by atoms with Crippen molar-refractivity contribution in [2.75, 3.05) is 24.4 Å². The number of nitrogens with zero attached hydrogens (tertiary/aromatic N) is 1. The lowest BCUT2D eigenvalue weighted by Crippen LogP contribution is -2.35. The van der Waals surface area contributed by atoms with Crippen molar-refractivity contribution in [2.24, 2.45) is 0 Å². The fourth-order valence-corrected chi connectivity index (χ4v) is 4.72. The van der Waals surface area contributed by atoms with E-state index in [0.29, 0.717) is 0 Å². The maximum atomic E-state index is 13.0. The maximum absolute atomic E-state index is 13.0. The number of rotatable bonds is 7. The Labute approximate surface area is 192 Å². The number of carbonyl (C=O) groups excluding carboxylic acids is 2. The van der Waals surface area contributed by atoms with Gasteiger partial charge >= 0.3 is 0 Å². The van der Waals surface area contributed by atoms with Crippen LogP contribution in [0.1, 0.15) is 42.5 Å². The van der Waals surface area contributed by atoms with Crippen LogP contribution in [0, 0.1) is 5.82 Å². The Bertz CT molecular complexity index is 1070. The number of anilines is 1. The van der Waals surface area contributed by atoms with E-state index in [-0.39, 0.29) is 40.0 Å². The summed E-state index contributed by atoms with van der Waals surface area (Å²) in [6, 6.07) is 8.60. The van der Waals surface area contributed by atoms with Gasteiger partial charge in [0.1, 0.15) is 5.82 Å². The molecule has 2 amide bonds. The molecule has 0 aromatic heterocycles. The van der Waals surface area contributed by atoms with Gasteiger partial charge in [-0.3, -0.25) is 14.3 Å². The Morgan fingerprint density at radius 3 is 2.31 bits per heavy atom. The van der Waals surface area contributed by atoms with Crippen LogP contribution in [0.4, 0.5) is 10.1 Å². The average molecular weight is 482 g/mol. The van der Waals surface area contributed by atoms with Crippen molar-refractivity contribution >= 4 is 39.1 Å². The SMILES string of the molecule is O=C(NCCC(=O)N1CCCCCC1)c1cc(S(=O)(=O)Nc2ccc(F)cc2)ccc1Cl. The predicted octanol–water partition coefficient (Wildman–Crippen LogP) is 3.80. The molecule has 172 valence electrons. The van der Waals surface area contributed by atoms with E-state index in [9.17, 15) is 22.4 Å². The number of hydrogen-bond donors (Lipinski definition) is 2. The molecule has 1 fully saturated rings. The number of carbonyl (C=O) groups is 2. The molecule has 2 aromatic carbocycles. The molecule has 10 heteroatoms. The third kappa shape index (κ3) is 6.43. The summed E-state index contributed by atoms with van der Waals surface area (Å²) in [6.07, 6.45) is 4.37. The summed E-state index contributed by atoms with van der Waals surface area (Å²) in [5.41, 5.74) is 0.162. The van der Waals surface area contributed by atoms with E-state index < -0.39 is 21.7 Å². The Morgan fingerprint density at radius 2 is 1.66 bits per heavy atom. The zero-order valence-corrected chi connectivity index (χ0v) is 19.0. The molecule has 0 radical (unpaired) electrons. The highest BCUT2D eigenvalue weighted by Crippen LogP contribution is 2.23. The molecule has 1 heterocycles. The number of hydrogen-bond acceptors (Lipinski definition) is 4. The topological polar surface area (TPSA) is 95.6 Å². The summed E-state index contributed by atoms with van der Waals surface area (Å²) in [6.45, 7) is 1.59. The Hall–Kier alpha value is -2.65. The summed E-state index contributed by atoms with van der Waals surface area (Å²) in [5, 5.41) is 2.72. The van der Waals surface area contributed by atoms with Crippen molar-refractivity contribution in [1.82, 2.24) is 10.2 Å². The zero-order chi connectivity index (χ0) is 23.1. The second-order valence-corrected chi connectivity index (χ2v) is 9.64. The predicted molar refractivity (Wildman–Crippen MR) is 121 cm³/mol. The van der Waals surface area contributed by atoms with Crippen LogP contribution in [0.3, 0.4) is 0 Å². The number of nitrogens with one attached hydrogen (secondary N) is 2. The van der Waals surface area contributed by atoms with Crippen molar-refractivity contribution in [2.45, 2.75) is 37.0 Å². The molecule has 1 saturated heterocycles. The van der Waals surface area contributed by atoms with Crippen LogP contribution >= 0.6 is 11.6 Å². The molecule has 2 N–H and O–H groups in total. The minimum atomic E-state index is -4.02. The number of amides is 2. The first-order valence-electron chi connectivity index (χ1n) is 10.4. The maximum Gasteiger partial charge on any atom is 0.261 e. The molecule has 7 nitrogen and oxygen atoms in total. The molecule has 2 aromatic rings. The van der Waals surface area contributed by atoms with Crippen molar-refractivity contribution < 1.29 is 22.4 Å². The lowest BCUT2D eigenvalue weighted by molar-refractivity contribution is -0.131. The molecular formula is C22H25ClFN3O4S. The van der Waals surface area contributed by atoms with Crippen LogP contribution < -0.4 is 10.0 Å². The van der Waals surface area contributed by atoms with Gasteiger partial charge in [-0.25, -0.2) is 12.8 Å². The largest absolute Gasteiger partial charge is 0.351 e. The van der Waals surface area contributed by atoms with Crippen LogP contribution in [0.5, 0.6) is 0 Å². The second-order valence-electron chi connectivity index (χ2n) is 7.55. The second kappa shape index (κ2) is 10.8. The molecule has 32 heavy (non-hydrogen) atoms. The van der Waals surface area contributed by atoms with Crippen LogP contribution in [0.15, 0.2) is 47.4 Å². The molecule has 0 bridgehead atoms. The summed E-state index contributed by atoms with van der Waals surface area (Å²) in [7, 11) is -4.02. The summed E-state index contributed by atoms with van der Waals surface area (Å²) < 4.78 is 40.7. The van der Waals surface area contributed by atoms with Gasteiger partial charge in [-0.1, -0.05) is 24.4 Å². The van der Waals surface area contributed by atoms with E-state index in [1.165, 1.54) is 30.3 Å². The lowest BCUT2D eigenvalue weighted by Gasteiger charge is -2.20. The quantitative estimate of drug-likeness (QED) is 0.628. The van der Waals surface area contributed by atoms with E-state index in [0.717, 1.165) is 50.9 Å². The summed E-state index contributed by atoms with van der Waals surface area (Å²) >= 11 is 6.11. The van der Waals surface area contributed by atoms with Crippen LogP contribution in [0.25, 0.3) is 0 Å². The number of halogens is 2. The first kappa shape index (κ1) is 24.0. The van der Waals surface area contributed by atoms with Crippen molar-refractivity contribution in [1.29, 1.82) is 0 Å². The van der Waals surface area contributed by atoms with Gasteiger partial charge in [-0.15, -0.1) is 0 Å². The van der Waals surface area contributed by atoms with E-state index in [4.69, 9.17) is 11.6 Å². The third-order valence-corrected chi connectivity index (χ3v) is 6.88. The minimum absolute atomic E-state index is 0.0156. The average Bonchev–Trinajstić information content (AvgIpc) is 3.05. The standard InChI is InChI=1S/C22H25ClFN3O4S/c23-20-10-9-18(32(30,31)26-17-7-5-16(24)6-8-17)15-19(20)22(29)25-12-11-21(28)27-13-3-1-2-4-14-27/h5-10,15,26H,1-4,11-14H2,(H,25,29). The number of likely N-dealkylation sites (tertiary alicyclic amines) is 1. The van der Waals surface area contributed by atoms with E-state index in [2.05, 4.69) is 10.0 Å². The fourth-order valence-electron chi connectivity index (χ4n) is 3.43.